The third-order valence-electron chi connectivity index (χ3n) is 6.45. The number of hydrogen-bond donors (Lipinski definition) is 1. The summed E-state index contributed by atoms with van der Waals surface area (Å²) in [4.78, 5) is 21.0. The van der Waals surface area contributed by atoms with Crippen LogP contribution in [0.15, 0.2) is 78.1 Å². The highest BCUT2D eigenvalue weighted by molar-refractivity contribution is 6.40. The van der Waals surface area contributed by atoms with Crippen LogP contribution in [0.5, 0.6) is 5.75 Å². The number of oxime groups is 1. The molecule has 1 aliphatic rings. The second-order valence-electron chi connectivity index (χ2n) is 9.27. The van der Waals surface area contributed by atoms with Gasteiger partial charge >= 0.3 is 5.97 Å². The molecule has 0 aliphatic carbocycles. The van der Waals surface area contributed by atoms with Gasteiger partial charge in [-0.1, -0.05) is 72.5 Å². The van der Waals surface area contributed by atoms with Crippen molar-refractivity contribution in [2.75, 3.05) is 6.61 Å². The number of aromatic nitrogens is 1. The number of carboxylic acids is 1. The van der Waals surface area contributed by atoms with Gasteiger partial charge in [-0.15, -0.1) is 0 Å². The Labute approximate surface area is 224 Å². The highest BCUT2D eigenvalue weighted by atomic mass is 35.5. The first-order valence-corrected chi connectivity index (χ1v) is 12.6. The Balaban J connectivity index is 1.33. The molecule has 3 aromatic carbocycles. The van der Waals surface area contributed by atoms with Crippen molar-refractivity contribution in [3.05, 3.63) is 94.2 Å². The molecule has 0 amide bonds. The van der Waals surface area contributed by atoms with Crippen LogP contribution in [0.3, 0.4) is 0 Å². The summed E-state index contributed by atoms with van der Waals surface area (Å²) < 4.78 is 6.19. The van der Waals surface area contributed by atoms with Crippen molar-refractivity contribution in [1.29, 1.82) is 0 Å². The smallest absolute Gasteiger partial charge is 0.354 e. The number of aromatic carboxylic acids is 1. The summed E-state index contributed by atoms with van der Waals surface area (Å²) in [6.07, 6.45) is 1.42. The number of halogens is 2. The van der Waals surface area contributed by atoms with Crippen molar-refractivity contribution < 1.29 is 19.5 Å². The van der Waals surface area contributed by atoms with Crippen molar-refractivity contribution in [2.24, 2.45) is 17.0 Å². The second-order valence-corrected chi connectivity index (χ2v) is 10.1. The average molecular weight is 535 g/mol. The second kappa shape index (κ2) is 10.4. The van der Waals surface area contributed by atoms with Gasteiger partial charge in [-0.3, -0.25) is 0 Å². The van der Waals surface area contributed by atoms with E-state index in [0.29, 0.717) is 27.9 Å². The maximum atomic E-state index is 11.2. The quantitative estimate of drug-likeness (QED) is 0.267. The number of fused-ring (bicyclic) bond motifs is 1. The average Bonchev–Trinajstić information content (AvgIpc) is 3.31. The number of carbonyl (C=O) groups is 1. The van der Waals surface area contributed by atoms with E-state index >= 15 is 0 Å². The zero-order valence-corrected chi connectivity index (χ0v) is 21.7. The first-order chi connectivity index (χ1) is 17.8. The van der Waals surface area contributed by atoms with Crippen LogP contribution in [0.4, 0.5) is 0 Å². The molecule has 188 valence electrons. The Kier molecular flexibility index (Phi) is 7.04. The van der Waals surface area contributed by atoms with Crippen LogP contribution in [0.1, 0.15) is 29.9 Å². The van der Waals surface area contributed by atoms with Crippen molar-refractivity contribution in [1.82, 2.24) is 4.98 Å². The van der Waals surface area contributed by atoms with Gasteiger partial charge in [0, 0.05) is 17.1 Å². The number of benzene rings is 3. The maximum absolute atomic E-state index is 11.2. The molecule has 0 saturated carbocycles. The van der Waals surface area contributed by atoms with Crippen molar-refractivity contribution in [2.45, 2.75) is 20.0 Å². The molecule has 2 atom stereocenters. The predicted molar refractivity (Wildman–Crippen MR) is 146 cm³/mol. The lowest BCUT2D eigenvalue weighted by Crippen LogP contribution is -2.33. The Bertz CT molecular complexity index is 1480. The molecule has 0 bridgehead atoms. The van der Waals surface area contributed by atoms with E-state index in [-0.39, 0.29) is 23.6 Å². The molecule has 0 spiro atoms. The van der Waals surface area contributed by atoms with Crippen LogP contribution in [0, 0.1) is 11.8 Å². The minimum atomic E-state index is -1.04. The highest BCUT2D eigenvalue weighted by Crippen LogP contribution is 2.35. The molecule has 5 rings (SSSR count). The first-order valence-electron chi connectivity index (χ1n) is 11.9. The fourth-order valence-electron chi connectivity index (χ4n) is 4.52. The van der Waals surface area contributed by atoms with Gasteiger partial charge in [0.2, 0.25) is 0 Å². The molecule has 4 aromatic rings. The number of ether oxygens (including phenoxy) is 1. The fourth-order valence-corrected chi connectivity index (χ4v) is 5.11. The number of hydrogen-bond acceptors (Lipinski definition) is 5. The van der Waals surface area contributed by atoms with Crippen LogP contribution in [-0.4, -0.2) is 34.5 Å². The monoisotopic (exact) mass is 534 g/mol. The molecule has 37 heavy (non-hydrogen) atoms. The van der Waals surface area contributed by atoms with Gasteiger partial charge in [0.05, 0.1) is 16.0 Å². The van der Waals surface area contributed by atoms with Crippen molar-refractivity contribution in [3.63, 3.8) is 0 Å². The summed E-state index contributed by atoms with van der Waals surface area (Å²) in [5.41, 5.74) is 3.40. The molecule has 2 heterocycles. The Morgan fingerprint density at radius 2 is 1.70 bits per heavy atom. The van der Waals surface area contributed by atoms with Gasteiger partial charge in [-0.2, -0.15) is 0 Å². The van der Waals surface area contributed by atoms with Gasteiger partial charge < -0.3 is 14.7 Å². The number of nitrogens with zero attached hydrogens (tertiary/aromatic N) is 2. The van der Waals surface area contributed by atoms with Crippen molar-refractivity contribution in [3.8, 4) is 16.9 Å². The topological polar surface area (TPSA) is 81.0 Å². The van der Waals surface area contributed by atoms with Crippen molar-refractivity contribution >= 4 is 45.7 Å². The normalized spacial score (nSPS) is 17.1. The predicted octanol–water partition coefficient (Wildman–Crippen LogP) is 7.36. The zero-order chi connectivity index (χ0) is 26.1. The van der Waals surface area contributed by atoms with E-state index in [9.17, 15) is 4.79 Å². The molecule has 6 nitrogen and oxygen atoms in total. The zero-order valence-electron chi connectivity index (χ0n) is 20.2. The van der Waals surface area contributed by atoms with Crippen LogP contribution >= 0.6 is 23.2 Å². The summed E-state index contributed by atoms with van der Waals surface area (Å²) in [5, 5.41) is 16.2. The van der Waals surface area contributed by atoms with Crippen LogP contribution < -0.4 is 4.74 Å². The van der Waals surface area contributed by atoms with Gasteiger partial charge in [0.1, 0.15) is 29.9 Å². The summed E-state index contributed by atoms with van der Waals surface area (Å²) in [6, 6.07) is 20.6. The number of rotatable bonds is 7. The standard InChI is InChI=1S/C29H24Cl2N2O4/c1-16(2)28-22(27(33-37-28)26-23(30)4-3-5-24(26)31)15-36-21-10-8-17(9-11-21)18-6-7-19-13-25(29(34)35)32-14-20(19)12-18/h3-14,16,22,28H,15H2,1-2H3,(H,34,35). The largest absolute Gasteiger partial charge is 0.493 e. The van der Waals surface area contributed by atoms with Crippen LogP contribution in [0.2, 0.25) is 10.0 Å². The van der Waals surface area contributed by atoms with Gasteiger partial charge in [0.25, 0.3) is 0 Å². The summed E-state index contributed by atoms with van der Waals surface area (Å²) >= 11 is 12.9. The lowest BCUT2D eigenvalue weighted by Gasteiger charge is -2.23. The fraction of sp³-hybridized carbons (Fsp3) is 0.207. The van der Waals surface area contributed by atoms with E-state index < -0.39 is 5.97 Å². The lowest BCUT2D eigenvalue weighted by molar-refractivity contribution is 0.0178. The minimum absolute atomic E-state index is 0.0270. The van der Waals surface area contributed by atoms with E-state index in [1.54, 1.807) is 30.5 Å². The molecule has 1 N–H and O–H groups in total. The van der Waals surface area contributed by atoms with Crippen LogP contribution in [0.25, 0.3) is 21.9 Å². The number of pyridine rings is 1. The third kappa shape index (κ3) is 5.13. The molecular formula is C29H24Cl2N2O4. The Hall–Kier alpha value is -3.61. The Morgan fingerprint density at radius 1 is 1.00 bits per heavy atom. The van der Waals surface area contributed by atoms with Gasteiger partial charge in [-0.25, -0.2) is 9.78 Å². The molecule has 0 fully saturated rings. The first kappa shape index (κ1) is 25.1. The molecular weight excluding hydrogens is 511 g/mol. The lowest BCUT2D eigenvalue weighted by atomic mass is 9.87. The maximum Gasteiger partial charge on any atom is 0.354 e. The molecule has 1 aliphatic heterocycles. The van der Waals surface area contributed by atoms with Gasteiger partial charge in [-0.05, 0) is 58.8 Å². The summed E-state index contributed by atoms with van der Waals surface area (Å²) in [5.74, 6) is -0.247. The molecule has 0 radical (unpaired) electrons. The minimum Gasteiger partial charge on any atom is -0.493 e. The van der Waals surface area contributed by atoms with Gasteiger partial charge in [0.15, 0.2) is 0 Å². The van der Waals surface area contributed by atoms with E-state index in [4.69, 9.17) is 37.9 Å². The number of carboxylic acid groups (broad SMARTS) is 1. The Morgan fingerprint density at radius 3 is 2.38 bits per heavy atom. The van der Waals surface area contributed by atoms with E-state index in [0.717, 1.165) is 27.6 Å². The van der Waals surface area contributed by atoms with E-state index in [2.05, 4.69) is 24.0 Å². The third-order valence-corrected chi connectivity index (χ3v) is 7.08. The van der Waals surface area contributed by atoms with E-state index in [1.807, 2.05) is 42.5 Å². The molecule has 2 unspecified atom stereocenters. The molecule has 0 saturated heterocycles. The summed E-state index contributed by atoms with van der Waals surface area (Å²) in [7, 11) is 0. The molecule has 1 aromatic heterocycles. The molecule has 8 heteroatoms. The summed E-state index contributed by atoms with van der Waals surface area (Å²) in [6.45, 7) is 4.53. The van der Waals surface area contributed by atoms with Crippen LogP contribution in [-0.2, 0) is 4.84 Å². The highest BCUT2D eigenvalue weighted by Gasteiger charge is 2.39. The van der Waals surface area contributed by atoms with E-state index in [1.165, 1.54) is 0 Å². The SMILES string of the molecule is CC(C)C1ON=C(c2c(Cl)cccc2Cl)C1COc1ccc(-c2ccc3cc(C(=O)O)ncc3c2)cc1.